The molecule has 28 heavy (non-hydrogen) atoms. The maximum Gasteiger partial charge on any atom is 0.341 e. The molecule has 0 saturated heterocycles. The minimum atomic E-state index is -0.422. The van der Waals surface area contributed by atoms with E-state index in [0.29, 0.717) is 29.8 Å². The van der Waals surface area contributed by atoms with Gasteiger partial charge < -0.3 is 14.8 Å². The van der Waals surface area contributed by atoms with Crippen molar-refractivity contribution in [3.05, 3.63) is 16.5 Å². The van der Waals surface area contributed by atoms with Crippen LogP contribution in [0.25, 0.3) is 0 Å². The Hall–Kier alpha value is -1.89. The Bertz CT molecular complexity index is 675. The number of rotatable bonds is 10. The summed E-state index contributed by atoms with van der Waals surface area (Å²) in [6.07, 6.45) is 2.71. The fraction of sp³-hybridized carbons (Fsp3) is 0.667. The maximum absolute atomic E-state index is 12.3. The van der Waals surface area contributed by atoms with Gasteiger partial charge in [-0.25, -0.2) is 4.79 Å². The molecule has 0 fully saturated rings. The molecule has 0 aromatic carbocycles. The molecular weight excluding hydrogens is 378 g/mol. The number of amides is 1. The van der Waals surface area contributed by atoms with Gasteiger partial charge in [-0.05, 0) is 43.6 Å². The smallest absolute Gasteiger partial charge is 0.341 e. The van der Waals surface area contributed by atoms with Gasteiger partial charge in [0.2, 0.25) is 5.91 Å². The van der Waals surface area contributed by atoms with Gasteiger partial charge in [0.05, 0.1) is 19.3 Å². The SMILES string of the molecule is CCOC(=O)c1cc([C@H](C)CC(C)(C)C)sc1NC(=O)CCCCC(=O)OC. The Kier molecular flexibility index (Phi) is 9.65. The summed E-state index contributed by atoms with van der Waals surface area (Å²) in [7, 11) is 1.35. The van der Waals surface area contributed by atoms with Crippen LogP contribution in [0.15, 0.2) is 6.07 Å². The van der Waals surface area contributed by atoms with Gasteiger partial charge in [0.15, 0.2) is 0 Å². The first-order chi connectivity index (χ1) is 13.1. The van der Waals surface area contributed by atoms with Gasteiger partial charge >= 0.3 is 11.9 Å². The first-order valence-electron chi connectivity index (χ1n) is 9.75. The summed E-state index contributed by atoms with van der Waals surface area (Å²) in [5.74, 6) is -0.606. The molecular formula is C21H33NO5S. The molecule has 1 N–H and O–H groups in total. The summed E-state index contributed by atoms with van der Waals surface area (Å²) in [6, 6.07) is 1.84. The lowest BCUT2D eigenvalue weighted by Crippen LogP contribution is -2.14. The van der Waals surface area contributed by atoms with E-state index >= 15 is 0 Å². The predicted molar refractivity (Wildman–Crippen MR) is 112 cm³/mol. The second kappa shape index (κ2) is 11.2. The molecule has 0 aliphatic rings. The van der Waals surface area contributed by atoms with E-state index in [1.54, 1.807) is 6.92 Å². The second-order valence-electron chi connectivity index (χ2n) is 8.11. The van der Waals surface area contributed by atoms with Crippen molar-refractivity contribution in [1.29, 1.82) is 0 Å². The number of hydrogen-bond donors (Lipinski definition) is 1. The molecule has 1 atom stereocenters. The summed E-state index contributed by atoms with van der Waals surface area (Å²) < 4.78 is 9.73. The lowest BCUT2D eigenvalue weighted by Gasteiger charge is -2.22. The molecule has 0 aliphatic heterocycles. The molecule has 1 rings (SSSR count). The van der Waals surface area contributed by atoms with Crippen molar-refractivity contribution in [2.45, 2.75) is 72.6 Å². The lowest BCUT2D eigenvalue weighted by atomic mass is 9.85. The Morgan fingerprint density at radius 3 is 2.39 bits per heavy atom. The van der Waals surface area contributed by atoms with Crippen LogP contribution in [0.2, 0.25) is 0 Å². The topological polar surface area (TPSA) is 81.7 Å². The normalized spacial score (nSPS) is 12.4. The first kappa shape index (κ1) is 24.1. The van der Waals surface area contributed by atoms with E-state index in [0.717, 1.165) is 11.3 Å². The fourth-order valence-electron chi connectivity index (χ4n) is 2.97. The molecule has 1 amide bonds. The highest BCUT2D eigenvalue weighted by Gasteiger charge is 2.24. The average molecular weight is 412 g/mol. The Labute approximate surface area is 172 Å². The van der Waals surface area contributed by atoms with Crippen LogP contribution in [0, 0.1) is 5.41 Å². The molecule has 1 aromatic heterocycles. The third-order valence-corrected chi connectivity index (χ3v) is 5.45. The van der Waals surface area contributed by atoms with E-state index in [1.807, 2.05) is 6.07 Å². The van der Waals surface area contributed by atoms with Gasteiger partial charge in [-0.1, -0.05) is 27.7 Å². The number of hydrogen-bond acceptors (Lipinski definition) is 6. The standard InChI is InChI=1S/C21H33NO5S/c1-7-27-20(25)15-12-16(14(2)13-21(3,4)5)28-19(15)22-17(23)10-8-9-11-18(24)26-6/h12,14H,7-11,13H2,1-6H3,(H,22,23)/t14-/m1/s1. The van der Waals surface area contributed by atoms with Crippen molar-refractivity contribution < 1.29 is 23.9 Å². The molecule has 6 nitrogen and oxygen atoms in total. The highest BCUT2D eigenvalue weighted by molar-refractivity contribution is 7.16. The molecule has 0 aliphatic carbocycles. The highest BCUT2D eigenvalue weighted by atomic mass is 32.1. The lowest BCUT2D eigenvalue weighted by molar-refractivity contribution is -0.140. The zero-order valence-corrected chi connectivity index (χ0v) is 18.7. The zero-order valence-electron chi connectivity index (χ0n) is 17.8. The van der Waals surface area contributed by atoms with Crippen LogP contribution in [0.1, 0.15) is 87.9 Å². The van der Waals surface area contributed by atoms with E-state index in [4.69, 9.17) is 4.74 Å². The van der Waals surface area contributed by atoms with E-state index in [2.05, 4.69) is 37.7 Å². The van der Waals surface area contributed by atoms with Crippen LogP contribution in [0.5, 0.6) is 0 Å². The number of anilines is 1. The number of ether oxygens (including phenoxy) is 2. The highest BCUT2D eigenvalue weighted by Crippen LogP contribution is 2.38. The number of carbonyl (C=O) groups is 3. The third-order valence-electron chi connectivity index (χ3n) is 4.17. The van der Waals surface area contributed by atoms with Gasteiger partial charge in [0.1, 0.15) is 5.00 Å². The van der Waals surface area contributed by atoms with Gasteiger partial charge in [0, 0.05) is 17.7 Å². The van der Waals surface area contributed by atoms with Crippen LogP contribution >= 0.6 is 11.3 Å². The third kappa shape index (κ3) is 8.42. The summed E-state index contributed by atoms with van der Waals surface area (Å²) in [5.41, 5.74) is 0.571. The van der Waals surface area contributed by atoms with E-state index in [9.17, 15) is 14.4 Å². The molecule has 7 heteroatoms. The summed E-state index contributed by atoms with van der Waals surface area (Å²) in [4.78, 5) is 36.8. The zero-order chi connectivity index (χ0) is 21.3. The number of nitrogens with one attached hydrogen (secondary N) is 1. The van der Waals surface area contributed by atoms with Crippen LogP contribution in [-0.2, 0) is 19.1 Å². The predicted octanol–water partition coefficient (Wildman–Crippen LogP) is 5.14. The second-order valence-corrected chi connectivity index (χ2v) is 9.19. The van der Waals surface area contributed by atoms with Gasteiger partial charge in [0.25, 0.3) is 0 Å². The Balaban J connectivity index is 2.82. The first-order valence-corrected chi connectivity index (χ1v) is 10.6. The van der Waals surface area contributed by atoms with Crippen molar-refractivity contribution in [3.63, 3.8) is 0 Å². The average Bonchev–Trinajstić information content (AvgIpc) is 3.01. The molecule has 0 radical (unpaired) electrons. The number of unbranched alkanes of at least 4 members (excludes halogenated alkanes) is 1. The van der Waals surface area contributed by atoms with Crippen molar-refractivity contribution >= 4 is 34.2 Å². The number of carbonyl (C=O) groups excluding carboxylic acids is 3. The number of thiophene rings is 1. The van der Waals surface area contributed by atoms with Crippen LogP contribution in [-0.4, -0.2) is 31.6 Å². The summed E-state index contributed by atoms with van der Waals surface area (Å²) >= 11 is 1.43. The summed E-state index contributed by atoms with van der Waals surface area (Å²) in [5, 5.41) is 3.39. The van der Waals surface area contributed by atoms with E-state index < -0.39 is 5.97 Å². The molecule has 0 spiro atoms. The molecule has 0 bridgehead atoms. The monoisotopic (exact) mass is 411 g/mol. The minimum absolute atomic E-state index is 0.163. The van der Waals surface area contributed by atoms with Crippen LogP contribution in [0.3, 0.4) is 0 Å². The van der Waals surface area contributed by atoms with Crippen LogP contribution in [0.4, 0.5) is 5.00 Å². The maximum atomic E-state index is 12.3. The van der Waals surface area contributed by atoms with E-state index in [-0.39, 0.29) is 36.2 Å². The van der Waals surface area contributed by atoms with Crippen molar-refractivity contribution in [2.24, 2.45) is 5.41 Å². The quantitative estimate of drug-likeness (QED) is 0.426. The molecule has 0 unspecified atom stereocenters. The molecule has 1 aromatic rings. The van der Waals surface area contributed by atoms with Gasteiger partial charge in [-0.15, -0.1) is 11.3 Å². The van der Waals surface area contributed by atoms with Crippen LogP contribution < -0.4 is 5.32 Å². The molecule has 1 heterocycles. The van der Waals surface area contributed by atoms with Crippen molar-refractivity contribution in [1.82, 2.24) is 0 Å². The minimum Gasteiger partial charge on any atom is -0.469 e. The Morgan fingerprint density at radius 2 is 1.82 bits per heavy atom. The number of methoxy groups -OCH3 is 1. The van der Waals surface area contributed by atoms with Crippen molar-refractivity contribution in [2.75, 3.05) is 19.0 Å². The van der Waals surface area contributed by atoms with Gasteiger partial charge in [-0.2, -0.15) is 0 Å². The van der Waals surface area contributed by atoms with Crippen molar-refractivity contribution in [3.8, 4) is 0 Å². The molecule has 158 valence electrons. The largest absolute Gasteiger partial charge is 0.469 e. The summed E-state index contributed by atoms with van der Waals surface area (Å²) in [6.45, 7) is 10.7. The van der Waals surface area contributed by atoms with Gasteiger partial charge in [-0.3, -0.25) is 9.59 Å². The van der Waals surface area contributed by atoms with E-state index in [1.165, 1.54) is 18.4 Å². The molecule has 0 saturated carbocycles. The fourth-order valence-corrected chi connectivity index (χ4v) is 4.09. The number of esters is 2. The Morgan fingerprint density at radius 1 is 1.18 bits per heavy atom.